The molecule has 11 nitrogen and oxygen atoms in total. The standard InChI is InChI=1S/C38H40N6O5S/c1-24-9-7-10-25(2)34(24)32-18-33-42-36(41-32)43-50(46,47)31-12-8-11-28(17-31)35(45)44(30(23-49-33)19-38(3,4)5)22-26-13-15-27(16-14-26)29-20-39-37(48-6)40-21-29/h7-18,20-21,30H,19,22-23H2,1-6H3,(H,41,42,43)/t30-/m1/s1. The molecule has 258 valence electrons. The van der Waals surface area contributed by atoms with E-state index in [9.17, 15) is 13.2 Å². The van der Waals surface area contributed by atoms with Crippen LogP contribution in [0.5, 0.6) is 11.9 Å². The fourth-order valence-corrected chi connectivity index (χ4v) is 7.11. The molecule has 3 heterocycles. The van der Waals surface area contributed by atoms with Crippen molar-refractivity contribution in [2.24, 2.45) is 5.41 Å². The number of nitrogens with zero attached hydrogens (tertiary/aromatic N) is 5. The Morgan fingerprint density at radius 1 is 0.900 bits per heavy atom. The van der Waals surface area contributed by atoms with Gasteiger partial charge in [0.05, 0.1) is 23.7 Å². The highest BCUT2D eigenvalue weighted by Gasteiger charge is 2.31. The Balaban J connectivity index is 1.43. The maximum atomic E-state index is 14.5. The number of carbonyl (C=O) groups is 1. The Morgan fingerprint density at radius 2 is 1.58 bits per heavy atom. The molecule has 0 saturated heterocycles. The first kappa shape index (κ1) is 34.5. The molecule has 1 amide bonds. The molecule has 1 N–H and O–H groups in total. The van der Waals surface area contributed by atoms with Crippen molar-refractivity contribution in [3.8, 4) is 34.3 Å². The first-order valence-corrected chi connectivity index (χ1v) is 17.8. The zero-order valence-corrected chi connectivity index (χ0v) is 29.8. The van der Waals surface area contributed by atoms with Crippen molar-refractivity contribution in [2.45, 2.75) is 58.5 Å². The second-order valence-electron chi connectivity index (χ2n) is 13.6. The molecule has 12 heteroatoms. The number of rotatable bonds is 6. The van der Waals surface area contributed by atoms with Gasteiger partial charge < -0.3 is 14.4 Å². The maximum absolute atomic E-state index is 14.5. The monoisotopic (exact) mass is 692 g/mol. The SMILES string of the molecule is COc1ncc(-c2ccc(CN3C(=O)c4cccc(c4)S(=O)(=O)Nc4nc(cc(-c5c(C)cccc5C)n4)OC[C@H]3CC(C)(C)C)cc2)cn1. The number of ether oxygens (including phenoxy) is 2. The highest BCUT2D eigenvalue weighted by molar-refractivity contribution is 7.92. The van der Waals surface area contributed by atoms with Gasteiger partial charge in [0.25, 0.3) is 15.9 Å². The van der Waals surface area contributed by atoms with Gasteiger partial charge in [-0.05, 0) is 66.1 Å². The van der Waals surface area contributed by atoms with Crippen LogP contribution in [0.4, 0.5) is 5.95 Å². The van der Waals surface area contributed by atoms with Gasteiger partial charge in [-0.2, -0.15) is 4.98 Å². The number of anilines is 1. The summed E-state index contributed by atoms with van der Waals surface area (Å²) in [6.45, 7) is 10.6. The summed E-state index contributed by atoms with van der Waals surface area (Å²) in [6.07, 6.45) is 3.98. The van der Waals surface area contributed by atoms with Gasteiger partial charge in [0.2, 0.25) is 11.8 Å². The molecule has 5 aromatic rings. The molecular formula is C38H40N6O5S. The van der Waals surface area contributed by atoms with Crippen LogP contribution in [0.1, 0.15) is 54.2 Å². The molecule has 0 saturated carbocycles. The molecule has 1 aliphatic heterocycles. The molecule has 1 aliphatic rings. The van der Waals surface area contributed by atoms with Gasteiger partial charge in [0.15, 0.2) is 0 Å². The van der Waals surface area contributed by atoms with Crippen molar-refractivity contribution in [3.63, 3.8) is 0 Å². The Bertz CT molecular complexity index is 2110. The van der Waals surface area contributed by atoms with E-state index in [1.165, 1.54) is 19.2 Å². The Morgan fingerprint density at radius 3 is 2.24 bits per heavy atom. The van der Waals surface area contributed by atoms with Gasteiger partial charge in [-0.3, -0.25) is 4.79 Å². The first-order valence-electron chi connectivity index (χ1n) is 16.3. The molecule has 0 aliphatic carbocycles. The minimum atomic E-state index is -4.18. The van der Waals surface area contributed by atoms with Crippen molar-refractivity contribution < 1.29 is 22.7 Å². The highest BCUT2D eigenvalue weighted by Crippen LogP contribution is 2.32. The molecule has 0 fully saturated rings. The van der Waals surface area contributed by atoms with E-state index in [0.717, 1.165) is 33.4 Å². The number of benzene rings is 3. The van der Waals surface area contributed by atoms with Crippen molar-refractivity contribution in [1.29, 1.82) is 0 Å². The number of hydrogen-bond donors (Lipinski definition) is 1. The molecule has 0 unspecified atom stereocenters. The van der Waals surface area contributed by atoms with Crippen molar-refractivity contribution in [2.75, 3.05) is 18.4 Å². The summed E-state index contributed by atoms with van der Waals surface area (Å²) in [5.74, 6) is -0.248. The van der Waals surface area contributed by atoms with Gasteiger partial charge >= 0.3 is 6.01 Å². The van der Waals surface area contributed by atoms with Crippen LogP contribution in [0.15, 0.2) is 90.1 Å². The van der Waals surface area contributed by atoms with Gasteiger partial charge in [-0.25, -0.2) is 28.1 Å². The smallest absolute Gasteiger partial charge is 0.316 e. The van der Waals surface area contributed by atoms with Crippen LogP contribution in [0.3, 0.4) is 0 Å². The lowest BCUT2D eigenvalue weighted by molar-refractivity contribution is 0.0513. The number of nitrogens with one attached hydrogen (secondary N) is 1. The largest absolute Gasteiger partial charge is 0.475 e. The van der Waals surface area contributed by atoms with E-state index in [2.05, 4.69) is 45.4 Å². The third-order valence-corrected chi connectivity index (χ3v) is 9.81. The van der Waals surface area contributed by atoms with Crippen molar-refractivity contribution in [1.82, 2.24) is 24.8 Å². The van der Waals surface area contributed by atoms with E-state index < -0.39 is 16.1 Å². The molecule has 2 aromatic heterocycles. The summed E-state index contributed by atoms with van der Waals surface area (Å²) in [4.78, 5) is 33.7. The van der Waals surface area contributed by atoms with E-state index >= 15 is 0 Å². The number of methoxy groups -OCH3 is 1. The average molecular weight is 693 g/mol. The quantitative estimate of drug-likeness (QED) is 0.202. The number of sulfonamides is 1. The average Bonchev–Trinajstić information content (AvgIpc) is 3.08. The summed E-state index contributed by atoms with van der Waals surface area (Å²) < 4.78 is 41.4. The predicted octanol–water partition coefficient (Wildman–Crippen LogP) is 6.87. The fraction of sp³-hybridized carbons (Fsp3) is 0.289. The highest BCUT2D eigenvalue weighted by atomic mass is 32.2. The second kappa shape index (κ2) is 13.9. The maximum Gasteiger partial charge on any atom is 0.316 e. The third-order valence-electron chi connectivity index (χ3n) is 8.48. The molecule has 0 radical (unpaired) electrons. The van der Waals surface area contributed by atoms with Crippen LogP contribution >= 0.6 is 0 Å². The Hall–Kier alpha value is -5.36. The van der Waals surface area contributed by atoms with Crippen LogP contribution in [0.25, 0.3) is 22.4 Å². The minimum Gasteiger partial charge on any atom is -0.475 e. The normalized spacial score (nSPS) is 15.9. The van der Waals surface area contributed by atoms with Crippen LogP contribution in [-0.2, 0) is 16.6 Å². The van der Waals surface area contributed by atoms with E-state index in [4.69, 9.17) is 9.47 Å². The van der Waals surface area contributed by atoms with E-state index in [1.54, 1.807) is 35.5 Å². The zero-order valence-electron chi connectivity index (χ0n) is 29.0. The zero-order chi connectivity index (χ0) is 35.6. The van der Waals surface area contributed by atoms with Gasteiger partial charge in [-0.15, -0.1) is 0 Å². The number of hydrogen-bond acceptors (Lipinski definition) is 9. The summed E-state index contributed by atoms with van der Waals surface area (Å²) in [7, 11) is -2.66. The number of aromatic nitrogens is 4. The summed E-state index contributed by atoms with van der Waals surface area (Å²) in [5.41, 5.74) is 6.00. The Kier molecular flexibility index (Phi) is 9.57. The first-order chi connectivity index (χ1) is 23.8. The lowest BCUT2D eigenvalue weighted by Crippen LogP contribution is -2.45. The molecule has 50 heavy (non-hydrogen) atoms. The van der Waals surface area contributed by atoms with Crippen LogP contribution < -0.4 is 14.2 Å². The number of fused-ring (bicyclic) bond motifs is 4. The van der Waals surface area contributed by atoms with E-state index in [-0.39, 0.29) is 52.8 Å². The second-order valence-corrected chi connectivity index (χ2v) is 15.3. The Labute approximate surface area is 292 Å². The lowest BCUT2D eigenvalue weighted by atomic mass is 9.87. The third kappa shape index (κ3) is 7.76. The minimum absolute atomic E-state index is 0.0791. The number of carbonyl (C=O) groups excluding carboxylic acids is 1. The van der Waals surface area contributed by atoms with Crippen LogP contribution in [0.2, 0.25) is 0 Å². The molecule has 6 rings (SSSR count). The van der Waals surface area contributed by atoms with E-state index in [1.807, 2.05) is 56.3 Å². The summed E-state index contributed by atoms with van der Waals surface area (Å²) >= 11 is 0. The fourth-order valence-electron chi connectivity index (χ4n) is 6.12. The van der Waals surface area contributed by atoms with Crippen LogP contribution in [-0.4, -0.2) is 58.9 Å². The molecule has 3 aromatic carbocycles. The number of aryl methyl sites for hydroxylation is 2. The topological polar surface area (TPSA) is 136 Å². The predicted molar refractivity (Wildman–Crippen MR) is 191 cm³/mol. The van der Waals surface area contributed by atoms with Gasteiger partial charge in [-0.1, -0.05) is 69.3 Å². The van der Waals surface area contributed by atoms with Gasteiger partial charge in [0.1, 0.15) is 6.61 Å². The van der Waals surface area contributed by atoms with Gasteiger partial charge in [0, 0.05) is 41.7 Å². The number of amides is 1. The molecule has 4 bridgehead atoms. The van der Waals surface area contributed by atoms with Crippen molar-refractivity contribution in [3.05, 3.63) is 107 Å². The van der Waals surface area contributed by atoms with Crippen molar-refractivity contribution >= 4 is 21.9 Å². The summed E-state index contributed by atoms with van der Waals surface area (Å²) in [5, 5.41) is 0. The lowest BCUT2D eigenvalue weighted by Gasteiger charge is -2.36. The molecule has 1 atom stereocenters. The van der Waals surface area contributed by atoms with E-state index in [0.29, 0.717) is 12.1 Å². The van der Waals surface area contributed by atoms with Crippen LogP contribution in [0, 0.1) is 19.3 Å². The summed E-state index contributed by atoms with van der Waals surface area (Å²) in [6, 6.07) is 21.4. The molecular weight excluding hydrogens is 653 g/mol. The molecule has 0 spiro atoms.